The molecule has 1 heterocycles. The molecule has 0 fully saturated rings. The van der Waals surface area contributed by atoms with Crippen LogP contribution in [-0.4, -0.2) is 4.98 Å². The first-order valence-electron chi connectivity index (χ1n) is 6.47. The topological polar surface area (TPSA) is 12.9 Å². The summed E-state index contributed by atoms with van der Waals surface area (Å²) in [5, 5.41) is 1.25. The first-order chi connectivity index (χ1) is 9.75. The van der Waals surface area contributed by atoms with Gasteiger partial charge < -0.3 is 0 Å². The molecule has 0 amide bonds. The van der Waals surface area contributed by atoms with E-state index >= 15 is 0 Å². The maximum absolute atomic E-state index is 13.8. The van der Waals surface area contributed by atoms with Crippen molar-refractivity contribution in [3.8, 4) is 0 Å². The van der Waals surface area contributed by atoms with Crippen LogP contribution in [-0.2, 0) is 6.42 Å². The average molecular weight is 286 g/mol. The second-order valence-electron chi connectivity index (χ2n) is 4.67. The Kier molecular flexibility index (Phi) is 3.66. The van der Waals surface area contributed by atoms with E-state index in [4.69, 9.17) is 11.6 Å². The summed E-state index contributed by atoms with van der Waals surface area (Å²) < 4.78 is 13.8. The number of nitrogens with zero attached hydrogens (tertiary/aromatic N) is 1. The van der Waals surface area contributed by atoms with E-state index in [9.17, 15) is 4.39 Å². The van der Waals surface area contributed by atoms with Gasteiger partial charge in [0.25, 0.3) is 0 Å². The molecule has 100 valence electrons. The molecule has 1 nitrogen and oxygen atoms in total. The smallest absolute Gasteiger partial charge is 0.131 e. The van der Waals surface area contributed by atoms with E-state index in [1.165, 1.54) is 6.07 Å². The minimum atomic E-state index is -0.226. The standard InChI is InChI=1S/C17H13ClFN/c18-16(11-12-5-3-4-10-20-12)14-8-9-17(19)15-7-2-1-6-13(14)15/h1-10,16H,11H2. The summed E-state index contributed by atoms with van der Waals surface area (Å²) in [6.07, 6.45) is 2.37. The van der Waals surface area contributed by atoms with Crippen molar-refractivity contribution in [2.45, 2.75) is 11.8 Å². The zero-order valence-electron chi connectivity index (χ0n) is 10.8. The van der Waals surface area contributed by atoms with Crippen molar-refractivity contribution in [2.75, 3.05) is 0 Å². The van der Waals surface area contributed by atoms with Crippen LogP contribution in [0.1, 0.15) is 16.6 Å². The van der Waals surface area contributed by atoms with Gasteiger partial charge in [-0.2, -0.15) is 0 Å². The number of aromatic nitrogens is 1. The Morgan fingerprint density at radius 2 is 1.70 bits per heavy atom. The molecule has 20 heavy (non-hydrogen) atoms. The third kappa shape index (κ3) is 2.52. The summed E-state index contributed by atoms with van der Waals surface area (Å²) in [6, 6.07) is 16.4. The first-order valence-corrected chi connectivity index (χ1v) is 6.90. The highest BCUT2D eigenvalue weighted by atomic mass is 35.5. The second-order valence-corrected chi connectivity index (χ2v) is 5.20. The molecule has 0 aliphatic heterocycles. The van der Waals surface area contributed by atoms with Crippen LogP contribution >= 0.6 is 11.6 Å². The van der Waals surface area contributed by atoms with Crippen LogP contribution < -0.4 is 0 Å². The zero-order chi connectivity index (χ0) is 13.9. The number of rotatable bonds is 3. The van der Waals surface area contributed by atoms with Gasteiger partial charge in [-0.05, 0) is 29.1 Å². The summed E-state index contributed by atoms with van der Waals surface area (Å²) in [7, 11) is 0. The van der Waals surface area contributed by atoms with Crippen molar-refractivity contribution < 1.29 is 4.39 Å². The molecule has 1 aromatic heterocycles. The fourth-order valence-electron chi connectivity index (χ4n) is 2.37. The van der Waals surface area contributed by atoms with Crippen molar-refractivity contribution in [3.63, 3.8) is 0 Å². The molecule has 0 spiro atoms. The van der Waals surface area contributed by atoms with Crippen LogP contribution in [0, 0.1) is 5.82 Å². The maximum atomic E-state index is 13.8. The van der Waals surface area contributed by atoms with E-state index in [1.807, 2.05) is 36.4 Å². The number of pyridine rings is 1. The molecule has 1 unspecified atom stereocenters. The second kappa shape index (κ2) is 5.59. The van der Waals surface area contributed by atoms with Gasteiger partial charge in [0.15, 0.2) is 0 Å². The van der Waals surface area contributed by atoms with Gasteiger partial charge in [0, 0.05) is 23.7 Å². The summed E-state index contributed by atoms with van der Waals surface area (Å²) in [6.45, 7) is 0. The van der Waals surface area contributed by atoms with Crippen LogP contribution in [0.4, 0.5) is 4.39 Å². The molecular weight excluding hydrogens is 273 g/mol. The van der Waals surface area contributed by atoms with E-state index in [0.29, 0.717) is 11.8 Å². The average Bonchev–Trinajstić information content (AvgIpc) is 2.49. The van der Waals surface area contributed by atoms with Gasteiger partial charge in [-0.25, -0.2) is 4.39 Å². The molecule has 0 N–H and O–H groups in total. The number of fused-ring (bicyclic) bond motifs is 1. The van der Waals surface area contributed by atoms with Crippen molar-refractivity contribution in [1.29, 1.82) is 0 Å². The quantitative estimate of drug-likeness (QED) is 0.624. The molecule has 0 bridgehead atoms. The normalized spacial score (nSPS) is 12.5. The Bertz CT molecular complexity index is 727. The number of hydrogen-bond donors (Lipinski definition) is 0. The Morgan fingerprint density at radius 1 is 0.950 bits per heavy atom. The molecule has 0 aliphatic rings. The van der Waals surface area contributed by atoms with E-state index in [0.717, 1.165) is 16.6 Å². The monoisotopic (exact) mass is 285 g/mol. The zero-order valence-corrected chi connectivity index (χ0v) is 11.5. The van der Waals surface area contributed by atoms with E-state index in [2.05, 4.69) is 4.98 Å². The molecule has 1 atom stereocenters. The lowest BCUT2D eigenvalue weighted by Crippen LogP contribution is -1.99. The molecule has 3 aromatic rings. The number of hydrogen-bond acceptors (Lipinski definition) is 1. The first kappa shape index (κ1) is 13.1. The lowest BCUT2D eigenvalue weighted by Gasteiger charge is -2.13. The Balaban J connectivity index is 2.00. The molecular formula is C17H13ClFN. The summed E-state index contributed by atoms with van der Waals surface area (Å²) in [5.74, 6) is -0.217. The fraction of sp³-hybridized carbons (Fsp3) is 0.118. The van der Waals surface area contributed by atoms with Crippen LogP contribution in [0.3, 0.4) is 0 Å². The largest absolute Gasteiger partial charge is 0.261 e. The molecule has 0 aliphatic carbocycles. The van der Waals surface area contributed by atoms with Gasteiger partial charge in [-0.3, -0.25) is 4.98 Å². The highest BCUT2D eigenvalue weighted by Crippen LogP contribution is 2.31. The van der Waals surface area contributed by atoms with Crippen LogP contribution in [0.5, 0.6) is 0 Å². The molecule has 0 saturated heterocycles. The van der Waals surface area contributed by atoms with E-state index < -0.39 is 0 Å². The molecule has 0 saturated carbocycles. The summed E-state index contributed by atoms with van der Waals surface area (Å²) in [4.78, 5) is 4.28. The van der Waals surface area contributed by atoms with Crippen molar-refractivity contribution >= 4 is 22.4 Å². The van der Waals surface area contributed by atoms with Gasteiger partial charge in [0.2, 0.25) is 0 Å². The van der Waals surface area contributed by atoms with Crippen molar-refractivity contribution in [2.24, 2.45) is 0 Å². The SMILES string of the molecule is Fc1ccc(C(Cl)Cc2ccccn2)c2ccccc12. The van der Waals surface area contributed by atoms with Gasteiger partial charge in [-0.15, -0.1) is 11.6 Å². The maximum Gasteiger partial charge on any atom is 0.131 e. The van der Waals surface area contributed by atoms with Crippen LogP contribution in [0.2, 0.25) is 0 Å². The number of alkyl halides is 1. The third-order valence-corrected chi connectivity index (χ3v) is 3.75. The summed E-state index contributed by atoms with van der Waals surface area (Å²) in [5.41, 5.74) is 1.87. The molecule has 3 heteroatoms. The van der Waals surface area contributed by atoms with E-state index in [1.54, 1.807) is 18.3 Å². The highest BCUT2D eigenvalue weighted by molar-refractivity contribution is 6.22. The predicted molar refractivity (Wildman–Crippen MR) is 80.4 cm³/mol. The summed E-state index contributed by atoms with van der Waals surface area (Å²) >= 11 is 6.51. The lowest BCUT2D eigenvalue weighted by atomic mass is 9.99. The highest BCUT2D eigenvalue weighted by Gasteiger charge is 2.14. The Labute approximate surface area is 122 Å². The predicted octanol–water partition coefficient (Wildman–Crippen LogP) is 4.90. The minimum Gasteiger partial charge on any atom is -0.261 e. The van der Waals surface area contributed by atoms with Gasteiger partial charge >= 0.3 is 0 Å². The van der Waals surface area contributed by atoms with Gasteiger partial charge in [-0.1, -0.05) is 36.4 Å². The molecule has 0 radical (unpaired) electrons. The lowest BCUT2D eigenvalue weighted by molar-refractivity contribution is 0.639. The van der Waals surface area contributed by atoms with E-state index in [-0.39, 0.29) is 11.2 Å². The molecule has 3 rings (SSSR count). The van der Waals surface area contributed by atoms with Gasteiger partial charge in [0.05, 0.1) is 5.38 Å². The molecule has 2 aromatic carbocycles. The van der Waals surface area contributed by atoms with Gasteiger partial charge in [0.1, 0.15) is 5.82 Å². The van der Waals surface area contributed by atoms with Crippen LogP contribution in [0.25, 0.3) is 10.8 Å². The Hall–Kier alpha value is -1.93. The van der Waals surface area contributed by atoms with Crippen LogP contribution in [0.15, 0.2) is 60.8 Å². The third-order valence-electron chi connectivity index (χ3n) is 3.36. The number of halogens is 2. The fourth-order valence-corrected chi connectivity index (χ4v) is 2.72. The minimum absolute atomic E-state index is 0.217. The van der Waals surface area contributed by atoms with Crippen molar-refractivity contribution in [3.05, 3.63) is 77.9 Å². The number of benzene rings is 2. The van der Waals surface area contributed by atoms with Crippen molar-refractivity contribution in [1.82, 2.24) is 4.98 Å². The Morgan fingerprint density at radius 3 is 2.45 bits per heavy atom.